The lowest BCUT2D eigenvalue weighted by atomic mass is 10.2. The Bertz CT molecular complexity index is 377. The van der Waals surface area contributed by atoms with Gasteiger partial charge in [0.25, 0.3) is 0 Å². The first-order valence-corrected chi connectivity index (χ1v) is 6.89. The summed E-state index contributed by atoms with van der Waals surface area (Å²) in [5, 5.41) is 5.03. The molecule has 0 aliphatic carbocycles. The third kappa shape index (κ3) is 2.17. The van der Waals surface area contributed by atoms with Gasteiger partial charge in [-0.15, -0.1) is 11.3 Å². The van der Waals surface area contributed by atoms with E-state index in [4.69, 9.17) is 4.74 Å². The summed E-state index contributed by atoms with van der Waals surface area (Å²) in [7, 11) is 0. The number of hydrogen-bond acceptors (Lipinski definition) is 3. The first-order valence-electron chi connectivity index (χ1n) is 6.01. The van der Waals surface area contributed by atoms with E-state index in [0.717, 1.165) is 12.8 Å². The van der Waals surface area contributed by atoms with Crippen molar-refractivity contribution in [2.45, 2.75) is 31.5 Å². The van der Waals surface area contributed by atoms with E-state index in [1.807, 2.05) is 22.4 Å². The molecule has 5 heteroatoms. The van der Waals surface area contributed by atoms with Gasteiger partial charge in [-0.1, -0.05) is 6.07 Å². The van der Waals surface area contributed by atoms with Crippen molar-refractivity contribution in [2.24, 2.45) is 0 Å². The Hall–Kier alpha value is -1.07. The quantitative estimate of drug-likeness (QED) is 0.872. The van der Waals surface area contributed by atoms with Crippen molar-refractivity contribution in [3.8, 4) is 0 Å². The Kier molecular flexibility index (Phi) is 3.03. The zero-order chi connectivity index (χ0) is 11.7. The molecule has 1 N–H and O–H groups in total. The van der Waals surface area contributed by atoms with Crippen LogP contribution in [-0.4, -0.2) is 36.2 Å². The number of thiophene rings is 1. The normalized spacial score (nSPS) is 27.2. The maximum atomic E-state index is 12.1. The number of urea groups is 1. The molecule has 3 heterocycles. The zero-order valence-corrected chi connectivity index (χ0v) is 10.4. The van der Waals surface area contributed by atoms with Gasteiger partial charge in [-0.25, -0.2) is 4.79 Å². The Morgan fingerprint density at radius 1 is 1.47 bits per heavy atom. The lowest BCUT2D eigenvalue weighted by Crippen LogP contribution is -2.52. The van der Waals surface area contributed by atoms with Crippen LogP contribution in [0.3, 0.4) is 0 Å². The second-order valence-corrected chi connectivity index (χ2v) is 5.60. The minimum absolute atomic E-state index is 0.0641. The van der Waals surface area contributed by atoms with Gasteiger partial charge in [0.05, 0.1) is 31.8 Å². The highest BCUT2D eigenvalue weighted by molar-refractivity contribution is 7.09. The number of fused-ring (bicyclic) bond motifs is 2. The van der Waals surface area contributed by atoms with Crippen LogP contribution in [0.25, 0.3) is 0 Å². The van der Waals surface area contributed by atoms with Gasteiger partial charge < -0.3 is 15.0 Å². The number of hydrogen-bond donors (Lipinski definition) is 1. The van der Waals surface area contributed by atoms with Crippen LogP contribution in [0.15, 0.2) is 17.5 Å². The molecule has 2 amide bonds. The maximum Gasteiger partial charge on any atom is 0.318 e. The van der Waals surface area contributed by atoms with Crippen molar-refractivity contribution in [1.29, 1.82) is 0 Å². The molecule has 2 saturated heterocycles. The van der Waals surface area contributed by atoms with E-state index in [0.29, 0.717) is 19.8 Å². The van der Waals surface area contributed by atoms with E-state index in [1.54, 1.807) is 11.3 Å². The standard InChI is InChI=1S/C12H16N2O2S/c15-12(13-6-11-2-1-5-17-11)14-9-3-4-10(14)8-16-7-9/h1-2,5,9-10H,3-4,6-8H2,(H,13,15). The highest BCUT2D eigenvalue weighted by Crippen LogP contribution is 2.28. The molecule has 0 spiro atoms. The fraction of sp³-hybridized carbons (Fsp3) is 0.583. The van der Waals surface area contributed by atoms with Gasteiger partial charge >= 0.3 is 6.03 Å². The summed E-state index contributed by atoms with van der Waals surface area (Å²) in [4.78, 5) is 15.3. The van der Waals surface area contributed by atoms with Crippen molar-refractivity contribution in [3.63, 3.8) is 0 Å². The molecule has 0 radical (unpaired) electrons. The summed E-state index contributed by atoms with van der Waals surface area (Å²) in [6, 6.07) is 4.69. The molecule has 0 aromatic carbocycles. The molecule has 4 nitrogen and oxygen atoms in total. The molecule has 0 saturated carbocycles. The first kappa shape index (κ1) is 11.0. The van der Waals surface area contributed by atoms with E-state index in [2.05, 4.69) is 5.32 Å². The van der Waals surface area contributed by atoms with Crippen LogP contribution in [0.1, 0.15) is 17.7 Å². The number of rotatable bonds is 2. The summed E-state index contributed by atoms with van der Waals surface area (Å²) in [6.07, 6.45) is 2.16. The lowest BCUT2D eigenvalue weighted by molar-refractivity contribution is 0.00633. The molecule has 2 aliphatic heterocycles. The van der Waals surface area contributed by atoms with Crippen LogP contribution in [0.5, 0.6) is 0 Å². The predicted molar refractivity (Wildman–Crippen MR) is 66.0 cm³/mol. The van der Waals surface area contributed by atoms with Crippen molar-refractivity contribution in [2.75, 3.05) is 13.2 Å². The number of ether oxygens (including phenoxy) is 1. The van der Waals surface area contributed by atoms with Gasteiger partial charge in [-0.2, -0.15) is 0 Å². The molecular weight excluding hydrogens is 236 g/mol. The Labute approximate surface area is 105 Å². The van der Waals surface area contributed by atoms with Crippen molar-refractivity contribution in [1.82, 2.24) is 10.2 Å². The molecule has 2 unspecified atom stereocenters. The van der Waals surface area contributed by atoms with Crippen LogP contribution in [0, 0.1) is 0 Å². The average molecular weight is 252 g/mol. The van der Waals surface area contributed by atoms with Crippen LogP contribution in [-0.2, 0) is 11.3 Å². The lowest BCUT2D eigenvalue weighted by Gasteiger charge is -2.34. The summed E-state index contributed by atoms with van der Waals surface area (Å²) >= 11 is 1.67. The van der Waals surface area contributed by atoms with Gasteiger partial charge in [0.15, 0.2) is 0 Å². The molecule has 92 valence electrons. The first-order chi connectivity index (χ1) is 8.34. The van der Waals surface area contributed by atoms with Crippen LogP contribution >= 0.6 is 11.3 Å². The second kappa shape index (κ2) is 4.66. The molecule has 2 bridgehead atoms. The number of morpholine rings is 1. The summed E-state index contributed by atoms with van der Waals surface area (Å²) in [5.74, 6) is 0. The van der Waals surface area contributed by atoms with Gasteiger partial charge in [0.2, 0.25) is 0 Å². The topological polar surface area (TPSA) is 41.6 Å². The van der Waals surface area contributed by atoms with Crippen LogP contribution in [0.2, 0.25) is 0 Å². The molecular formula is C12H16N2O2S. The van der Waals surface area contributed by atoms with E-state index in [1.165, 1.54) is 4.88 Å². The number of nitrogens with zero attached hydrogens (tertiary/aromatic N) is 1. The monoisotopic (exact) mass is 252 g/mol. The number of nitrogens with one attached hydrogen (secondary N) is 1. The molecule has 2 fully saturated rings. The SMILES string of the molecule is O=C(NCc1cccs1)N1C2CCC1COC2. The molecule has 2 atom stereocenters. The fourth-order valence-corrected chi connectivity index (χ4v) is 3.27. The molecule has 2 aliphatic rings. The zero-order valence-electron chi connectivity index (χ0n) is 9.59. The van der Waals surface area contributed by atoms with Gasteiger partial charge in [0, 0.05) is 4.88 Å². The van der Waals surface area contributed by atoms with Crippen molar-refractivity contribution < 1.29 is 9.53 Å². The molecule has 17 heavy (non-hydrogen) atoms. The Morgan fingerprint density at radius 3 is 2.88 bits per heavy atom. The largest absolute Gasteiger partial charge is 0.377 e. The van der Waals surface area contributed by atoms with Crippen molar-refractivity contribution >= 4 is 17.4 Å². The number of amides is 2. The minimum Gasteiger partial charge on any atom is -0.377 e. The highest BCUT2D eigenvalue weighted by Gasteiger charge is 2.40. The van der Waals surface area contributed by atoms with Gasteiger partial charge in [-0.3, -0.25) is 0 Å². The smallest absolute Gasteiger partial charge is 0.318 e. The summed E-state index contributed by atoms with van der Waals surface area (Å²) in [6.45, 7) is 2.03. The van der Waals surface area contributed by atoms with E-state index in [-0.39, 0.29) is 18.1 Å². The second-order valence-electron chi connectivity index (χ2n) is 4.57. The number of carbonyl (C=O) groups is 1. The third-order valence-corrected chi connectivity index (χ3v) is 4.35. The highest BCUT2D eigenvalue weighted by atomic mass is 32.1. The summed E-state index contributed by atoms with van der Waals surface area (Å²) in [5.41, 5.74) is 0. The minimum atomic E-state index is 0.0641. The number of carbonyl (C=O) groups excluding carboxylic acids is 1. The fourth-order valence-electron chi connectivity index (χ4n) is 2.63. The molecule has 1 aromatic heterocycles. The van der Waals surface area contributed by atoms with Gasteiger partial charge in [0.1, 0.15) is 0 Å². The van der Waals surface area contributed by atoms with Gasteiger partial charge in [-0.05, 0) is 24.3 Å². The van der Waals surface area contributed by atoms with Crippen molar-refractivity contribution in [3.05, 3.63) is 22.4 Å². The predicted octanol–water partition coefficient (Wildman–Crippen LogP) is 1.82. The molecule has 1 aromatic rings. The van der Waals surface area contributed by atoms with E-state index < -0.39 is 0 Å². The Balaban J connectivity index is 1.59. The van der Waals surface area contributed by atoms with E-state index >= 15 is 0 Å². The average Bonchev–Trinajstić information content (AvgIpc) is 2.93. The van der Waals surface area contributed by atoms with Crippen LogP contribution in [0.4, 0.5) is 4.79 Å². The summed E-state index contributed by atoms with van der Waals surface area (Å²) < 4.78 is 5.47. The Morgan fingerprint density at radius 2 is 2.24 bits per heavy atom. The third-order valence-electron chi connectivity index (χ3n) is 3.47. The maximum absolute atomic E-state index is 12.1. The molecule has 3 rings (SSSR count). The van der Waals surface area contributed by atoms with E-state index in [9.17, 15) is 4.79 Å². The van der Waals surface area contributed by atoms with Crippen LogP contribution < -0.4 is 5.32 Å².